The first-order valence-corrected chi connectivity index (χ1v) is 10.3. The molecular formula is C25H24N2O3. The Morgan fingerprint density at radius 1 is 1.07 bits per heavy atom. The highest BCUT2D eigenvalue weighted by Gasteiger charge is 2.33. The van der Waals surface area contributed by atoms with Gasteiger partial charge in [0.15, 0.2) is 11.5 Å². The minimum Gasteiger partial charge on any atom is -0.504 e. The first-order valence-electron chi connectivity index (χ1n) is 10.3. The lowest BCUT2D eigenvalue weighted by Crippen LogP contribution is -2.36. The summed E-state index contributed by atoms with van der Waals surface area (Å²) in [6.45, 7) is 0.476. The van der Waals surface area contributed by atoms with Crippen molar-refractivity contribution in [3.8, 4) is 22.6 Å². The van der Waals surface area contributed by atoms with Gasteiger partial charge in [-0.1, -0.05) is 36.4 Å². The summed E-state index contributed by atoms with van der Waals surface area (Å²) in [6.07, 6.45) is 2.93. The molecule has 0 heterocycles. The number of amides is 2. The number of phenols is 1. The second kappa shape index (κ2) is 7.41. The van der Waals surface area contributed by atoms with E-state index in [1.165, 1.54) is 29.4 Å². The number of benzene rings is 3. The number of phenolic OH excluding ortho intramolecular Hbond substituents is 1. The molecule has 5 heteroatoms. The summed E-state index contributed by atoms with van der Waals surface area (Å²) in [5.41, 5.74) is 6.86. The van der Waals surface area contributed by atoms with Gasteiger partial charge in [0.25, 0.3) is 0 Å². The summed E-state index contributed by atoms with van der Waals surface area (Å²) in [7, 11) is 1.52. The third kappa shape index (κ3) is 3.47. The first-order chi connectivity index (χ1) is 14.6. The minimum absolute atomic E-state index is 0.0972. The molecule has 3 aromatic carbocycles. The Morgan fingerprint density at radius 3 is 2.67 bits per heavy atom. The van der Waals surface area contributed by atoms with Crippen molar-refractivity contribution in [3.63, 3.8) is 0 Å². The van der Waals surface area contributed by atoms with Crippen LogP contribution in [0.15, 0.2) is 60.7 Å². The zero-order valence-corrected chi connectivity index (χ0v) is 16.9. The topological polar surface area (TPSA) is 61.8 Å². The van der Waals surface area contributed by atoms with E-state index in [9.17, 15) is 9.90 Å². The first kappa shape index (κ1) is 18.6. The molecule has 1 saturated carbocycles. The van der Waals surface area contributed by atoms with Crippen LogP contribution >= 0.6 is 0 Å². The molecule has 0 radical (unpaired) electrons. The fourth-order valence-corrected chi connectivity index (χ4v) is 4.19. The van der Waals surface area contributed by atoms with Gasteiger partial charge in [-0.2, -0.15) is 0 Å². The molecule has 0 atom stereocenters. The number of methoxy groups -OCH3 is 1. The molecule has 0 bridgehead atoms. The molecular weight excluding hydrogens is 376 g/mol. The lowest BCUT2D eigenvalue weighted by atomic mass is 10.1. The van der Waals surface area contributed by atoms with Crippen molar-refractivity contribution in [3.05, 3.63) is 77.4 Å². The van der Waals surface area contributed by atoms with Crippen LogP contribution in [0.25, 0.3) is 11.1 Å². The van der Waals surface area contributed by atoms with E-state index in [4.69, 9.17) is 4.74 Å². The molecule has 2 N–H and O–H groups in total. The smallest absolute Gasteiger partial charge is 0.322 e. The molecule has 5 nitrogen and oxygen atoms in total. The zero-order valence-electron chi connectivity index (χ0n) is 16.9. The number of carbonyl (C=O) groups excluding carboxylic acids is 1. The summed E-state index contributed by atoms with van der Waals surface area (Å²) < 4.78 is 5.20. The van der Waals surface area contributed by atoms with Gasteiger partial charge in [0.2, 0.25) is 0 Å². The summed E-state index contributed by atoms with van der Waals surface area (Å²) in [5, 5.41) is 12.9. The van der Waals surface area contributed by atoms with Gasteiger partial charge in [-0.05, 0) is 71.3 Å². The Balaban J connectivity index is 1.33. The highest BCUT2D eigenvalue weighted by atomic mass is 16.5. The van der Waals surface area contributed by atoms with Crippen LogP contribution in [0.1, 0.15) is 29.5 Å². The number of rotatable bonds is 5. The van der Waals surface area contributed by atoms with Crippen LogP contribution in [0.3, 0.4) is 0 Å². The van der Waals surface area contributed by atoms with E-state index in [-0.39, 0.29) is 17.8 Å². The number of hydrogen-bond acceptors (Lipinski definition) is 3. The van der Waals surface area contributed by atoms with E-state index < -0.39 is 0 Å². The molecule has 0 spiro atoms. The van der Waals surface area contributed by atoms with Gasteiger partial charge < -0.3 is 20.1 Å². The van der Waals surface area contributed by atoms with E-state index in [1.807, 2.05) is 17.0 Å². The van der Waals surface area contributed by atoms with Crippen LogP contribution in [-0.4, -0.2) is 29.2 Å². The molecule has 0 aromatic heterocycles. The molecule has 2 aliphatic rings. The zero-order chi connectivity index (χ0) is 20.7. The Labute approximate surface area is 175 Å². The maximum absolute atomic E-state index is 13.1. The minimum atomic E-state index is -0.0972. The molecule has 5 rings (SSSR count). The van der Waals surface area contributed by atoms with Gasteiger partial charge in [-0.3, -0.25) is 0 Å². The molecule has 0 aliphatic heterocycles. The lowest BCUT2D eigenvalue weighted by molar-refractivity contribution is 0.206. The van der Waals surface area contributed by atoms with Gasteiger partial charge in [-0.25, -0.2) is 4.79 Å². The largest absolute Gasteiger partial charge is 0.504 e. The summed E-state index contributed by atoms with van der Waals surface area (Å²) in [6, 6.07) is 20.0. The SMILES string of the molecule is COc1cc(CN(C(=O)Nc2ccc3c(c2)Cc2ccccc2-3)C2CC2)ccc1O. The Kier molecular flexibility index (Phi) is 4.58. The number of carbonyl (C=O) groups is 1. The van der Waals surface area contributed by atoms with E-state index in [0.717, 1.165) is 30.5 Å². The molecule has 0 unspecified atom stereocenters. The van der Waals surface area contributed by atoms with E-state index in [1.54, 1.807) is 12.1 Å². The van der Waals surface area contributed by atoms with E-state index in [2.05, 4.69) is 41.7 Å². The van der Waals surface area contributed by atoms with Crippen molar-refractivity contribution in [2.75, 3.05) is 12.4 Å². The number of hydrogen-bond donors (Lipinski definition) is 2. The molecule has 2 amide bonds. The molecule has 30 heavy (non-hydrogen) atoms. The predicted octanol–water partition coefficient (Wildman–Crippen LogP) is 5.17. The normalized spacial score (nSPS) is 14.0. The van der Waals surface area contributed by atoms with Crippen molar-refractivity contribution in [2.45, 2.75) is 31.8 Å². The highest BCUT2D eigenvalue weighted by Crippen LogP contribution is 2.38. The van der Waals surface area contributed by atoms with Crippen LogP contribution in [-0.2, 0) is 13.0 Å². The maximum atomic E-state index is 13.1. The Bertz CT molecular complexity index is 1120. The van der Waals surface area contributed by atoms with Gasteiger partial charge >= 0.3 is 6.03 Å². The molecule has 3 aromatic rings. The number of nitrogens with one attached hydrogen (secondary N) is 1. The molecule has 2 aliphatic carbocycles. The third-order valence-corrected chi connectivity index (χ3v) is 5.89. The summed E-state index contributed by atoms with van der Waals surface area (Å²) in [5.74, 6) is 0.518. The van der Waals surface area contributed by atoms with Crippen LogP contribution in [0, 0.1) is 0 Å². The standard InChI is InChI=1S/C25H24N2O3/c1-30-24-12-16(6-11-23(24)28)15-27(20-8-9-20)25(29)26-19-7-10-22-18(14-19)13-17-4-2-3-5-21(17)22/h2-7,10-12,14,20,28H,8-9,13,15H2,1H3,(H,26,29). The number of aromatic hydroxyl groups is 1. The Morgan fingerprint density at radius 2 is 1.87 bits per heavy atom. The highest BCUT2D eigenvalue weighted by molar-refractivity contribution is 5.91. The average Bonchev–Trinajstić information content (AvgIpc) is 3.53. The van der Waals surface area contributed by atoms with Gasteiger partial charge in [0.05, 0.1) is 7.11 Å². The second-order valence-corrected chi connectivity index (χ2v) is 8.00. The maximum Gasteiger partial charge on any atom is 0.322 e. The summed E-state index contributed by atoms with van der Waals surface area (Å²) in [4.78, 5) is 14.9. The monoisotopic (exact) mass is 400 g/mol. The quantitative estimate of drug-likeness (QED) is 0.486. The van der Waals surface area contributed by atoms with Crippen LogP contribution in [0.5, 0.6) is 11.5 Å². The predicted molar refractivity (Wildman–Crippen MR) is 117 cm³/mol. The van der Waals surface area contributed by atoms with E-state index in [0.29, 0.717) is 12.3 Å². The fourth-order valence-electron chi connectivity index (χ4n) is 4.19. The second-order valence-electron chi connectivity index (χ2n) is 8.00. The lowest BCUT2D eigenvalue weighted by Gasteiger charge is -2.23. The third-order valence-electron chi connectivity index (χ3n) is 5.89. The van der Waals surface area contributed by atoms with Crippen molar-refractivity contribution >= 4 is 11.7 Å². The summed E-state index contributed by atoms with van der Waals surface area (Å²) >= 11 is 0. The van der Waals surface area contributed by atoms with Gasteiger partial charge in [-0.15, -0.1) is 0 Å². The van der Waals surface area contributed by atoms with Crippen molar-refractivity contribution in [1.29, 1.82) is 0 Å². The number of nitrogens with zero attached hydrogens (tertiary/aromatic N) is 1. The Hall–Kier alpha value is -3.47. The number of anilines is 1. The van der Waals surface area contributed by atoms with Crippen molar-refractivity contribution in [2.24, 2.45) is 0 Å². The number of ether oxygens (including phenoxy) is 1. The molecule has 1 fully saturated rings. The van der Waals surface area contributed by atoms with Crippen LogP contribution in [0.4, 0.5) is 10.5 Å². The molecule has 152 valence electrons. The molecule has 0 saturated heterocycles. The van der Waals surface area contributed by atoms with Gasteiger partial charge in [0, 0.05) is 18.3 Å². The van der Waals surface area contributed by atoms with Crippen LogP contribution < -0.4 is 10.1 Å². The van der Waals surface area contributed by atoms with Crippen molar-refractivity contribution in [1.82, 2.24) is 4.90 Å². The fraction of sp³-hybridized carbons (Fsp3) is 0.240. The van der Waals surface area contributed by atoms with Gasteiger partial charge in [0.1, 0.15) is 0 Å². The van der Waals surface area contributed by atoms with Crippen LogP contribution in [0.2, 0.25) is 0 Å². The van der Waals surface area contributed by atoms with Crippen molar-refractivity contribution < 1.29 is 14.6 Å². The number of fused-ring (bicyclic) bond motifs is 3. The number of urea groups is 1. The van der Waals surface area contributed by atoms with E-state index >= 15 is 0 Å². The average molecular weight is 400 g/mol.